The third-order valence-corrected chi connectivity index (χ3v) is 4.36. The van der Waals surface area contributed by atoms with E-state index < -0.39 is 0 Å². The molecule has 0 unspecified atom stereocenters. The molecule has 0 bridgehead atoms. The molecule has 4 heteroatoms. The first kappa shape index (κ1) is 14.2. The maximum absolute atomic E-state index is 3.47. The second-order valence-electron chi connectivity index (χ2n) is 4.34. The van der Waals surface area contributed by atoms with Gasteiger partial charge in [0.2, 0.25) is 0 Å². The van der Waals surface area contributed by atoms with Gasteiger partial charge in [0, 0.05) is 27.3 Å². The molecule has 0 aliphatic carbocycles. The van der Waals surface area contributed by atoms with Crippen LogP contribution in [0.4, 0.5) is 0 Å². The van der Waals surface area contributed by atoms with Crippen molar-refractivity contribution in [3.8, 4) is 0 Å². The van der Waals surface area contributed by atoms with Gasteiger partial charge in [-0.1, -0.05) is 0 Å². The van der Waals surface area contributed by atoms with Crippen LogP contribution in [-0.2, 0) is 6.54 Å². The Labute approximate surface area is 111 Å². The summed E-state index contributed by atoms with van der Waals surface area (Å²) >= 11 is 5.26. The summed E-state index contributed by atoms with van der Waals surface area (Å²) in [6, 6.07) is 2.83. The Balaban J connectivity index is 2.04. The summed E-state index contributed by atoms with van der Waals surface area (Å²) < 4.78 is 1.19. The number of hydrogen-bond acceptors (Lipinski definition) is 3. The topological polar surface area (TPSA) is 15.3 Å². The van der Waals surface area contributed by atoms with Gasteiger partial charge in [-0.15, -0.1) is 11.3 Å². The van der Waals surface area contributed by atoms with E-state index in [9.17, 15) is 0 Å². The van der Waals surface area contributed by atoms with E-state index in [0.29, 0.717) is 6.04 Å². The largest absolute Gasteiger partial charge is 0.312 e. The average molecular weight is 305 g/mol. The van der Waals surface area contributed by atoms with Crippen LogP contribution in [0.2, 0.25) is 0 Å². The van der Waals surface area contributed by atoms with Crippen molar-refractivity contribution in [3.63, 3.8) is 0 Å². The highest BCUT2D eigenvalue weighted by atomic mass is 79.9. The molecular formula is C12H21BrN2S. The van der Waals surface area contributed by atoms with Gasteiger partial charge >= 0.3 is 0 Å². The fourth-order valence-electron chi connectivity index (χ4n) is 1.37. The van der Waals surface area contributed by atoms with E-state index in [1.54, 1.807) is 11.3 Å². The van der Waals surface area contributed by atoms with Crippen LogP contribution in [-0.4, -0.2) is 31.1 Å². The van der Waals surface area contributed by atoms with Crippen LogP contribution >= 0.6 is 27.3 Å². The lowest BCUT2D eigenvalue weighted by Crippen LogP contribution is -2.29. The van der Waals surface area contributed by atoms with Crippen LogP contribution in [0.15, 0.2) is 15.9 Å². The number of thiophene rings is 1. The molecular weight excluding hydrogens is 284 g/mol. The van der Waals surface area contributed by atoms with Crippen molar-refractivity contribution < 1.29 is 0 Å². The predicted octanol–water partition coefficient (Wildman–Crippen LogP) is 3.33. The fourth-order valence-corrected chi connectivity index (χ4v) is 2.79. The van der Waals surface area contributed by atoms with E-state index in [1.807, 2.05) is 0 Å². The molecule has 0 fully saturated rings. The standard InChI is InChI=1S/C12H21BrN2S/c1-10(2)15(3)6-4-5-14-8-12-7-11(13)9-16-12/h7,9-10,14H,4-6,8H2,1-3H3. The summed E-state index contributed by atoms with van der Waals surface area (Å²) in [4.78, 5) is 3.77. The molecule has 92 valence electrons. The van der Waals surface area contributed by atoms with Crippen LogP contribution in [0.1, 0.15) is 25.1 Å². The lowest BCUT2D eigenvalue weighted by atomic mass is 10.3. The van der Waals surface area contributed by atoms with Gasteiger partial charge < -0.3 is 10.2 Å². The molecule has 0 aromatic carbocycles. The molecule has 2 nitrogen and oxygen atoms in total. The molecule has 0 aliphatic heterocycles. The zero-order valence-corrected chi connectivity index (χ0v) is 12.7. The van der Waals surface area contributed by atoms with Gasteiger partial charge in [-0.05, 0) is 62.4 Å². The Kier molecular flexibility index (Phi) is 6.58. The Hall–Kier alpha value is 0.1000. The van der Waals surface area contributed by atoms with Gasteiger partial charge in [-0.3, -0.25) is 0 Å². The average Bonchev–Trinajstić information content (AvgIpc) is 2.63. The highest BCUT2D eigenvalue weighted by Crippen LogP contribution is 2.19. The summed E-state index contributed by atoms with van der Waals surface area (Å²) in [5.41, 5.74) is 0. The first-order valence-corrected chi connectivity index (χ1v) is 7.40. The number of halogens is 1. The Morgan fingerprint density at radius 2 is 2.25 bits per heavy atom. The zero-order chi connectivity index (χ0) is 12.0. The molecule has 0 saturated carbocycles. The van der Waals surface area contributed by atoms with Gasteiger partial charge in [0.05, 0.1) is 0 Å². The van der Waals surface area contributed by atoms with Crippen molar-refractivity contribution >= 4 is 27.3 Å². The highest BCUT2D eigenvalue weighted by molar-refractivity contribution is 9.10. The second kappa shape index (κ2) is 7.43. The van der Waals surface area contributed by atoms with Crippen molar-refractivity contribution in [2.75, 3.05) is 20.1 Å². The van der Waals surface area contributed by atoms with Gasteiger partial charge in [0.1, 0.15) is 0 Å². The lowest BCUT2D eigenvalue weighted by Gasteiger charge is -2.20. The van der Waals surface area contributed by atoms with Crippen molar-refractivity contribution in [1.82, 2.24) is 10.2 Å². The molecule has 0 aliphatic rings. The maximum atomic E-state index is 3.47. The molecule has 1 N–H and O–H groups in total. The molecule has 1 rings (SSSR count). The maximum Gasteiger partial charge on any atom is 0.0300 e. The molecule has 0 amide bonds. The minimum absolute atomic E-state index is 0.647. The molecule has 0 atom stereocenters. The van der Waals surface area contributed by atoms with Gasteiger partial charge in [-0.25, -0.2) is 0 Å². The molecule has 1 aromatic heterocycles. The molecule has 0 saturated heterocycles. The van der Waals surface area contributed by atoms with Crippen LogP contribution < -0.4 is 5.32 Å². The second-order valence-corrected chi connectivity index (χ2v) is 6.25. The number of nitrogens with zero attached hydrogens (tertiary/aromatic N) is 1. The SMILES string of the molecule is CC(C)N(C)CCCNCc1cc(Br)cs1. The van der Waals surface area contributed by atoms with Gasteiger partial charge in [0.15, 0.2) is 0 Å². The van der Waals surface area contributed by atoms with E-state index in [1.165, 1.54) is 22.3 Å². The summed E-state index contributed by atoms with van der Waals surface area (Å²) in [5, 5.41) is 5.60. The number of nitrogens with one attached hydrogen (secondary N) is 1. The summed E-state index contributed by atoms with van der Waals surface area (Å²) in [7, 11) is 2.18. The Morgan fingerprint density at radius 3 is 2.81 bits per heavy atom. The van der Waals surface area contributed by atoms with E-state index >= 15 is 0 Å². The quantitative estimate of drug-likeness (QED) is 0.777. The minimum Gasteiger partial charge on any atom is -0.312 e. The van der Waals surface area contributed by atoms with E-state index in [0.717, 1.165) is 13.1 Å². The fraction of sp³-hybridized carbons (Fsp3) is 0.667. The molecule has 1 heterocycles. The molecule has 16 heavy (non-hydrogen) atoms. The Bertz CT molecular complexity index is 299. The highest BCUT2D eigenvalue weighted by Gasteiger charge is 2.02. The minimum atomic E-state index is 0.647. The smallest absolute Gasteiger partial charge is 0.0300 e. The van der Waals surface area contributed by atoms with E-state index in [4.69, 9.17) is 0 Å². The van der Waals surface area contributed by atoms with Crippen molar-refractivity contribution in [2.45, 2.75) is 32.9 Å². The first-order valence-electron chi connectivity index (χ1n) is 5.73. The van der Waals surface area contributed by atoms with Crippen LogP contribution in [0.25, 0.3) is 0 Å². The van der Waals surface area contributed by atoms with Crippen LogP contribution in [0.5, 0.6) is 0 Å². The van der Waals surface area contributed by atoms with Crippen molar-refractivity contribution in [3.05, 3.63) is 20.8 Å². The first-order chi connectivity index (χ1) is 7.59. The van der Waals surface area contributed by atoms with Gasteiger partial charge in [0.25, 0.3) is 0 Å². The normalized spacial score (nSPS) is 11.6. The summed E-state index contributed by atoms with van der Waals surface area (Å²) in [6.45, 7) is 7.71. The van der Waals surface area contributed by atoms with E-state index in [-0.39, 0.29) is 0 Å². The predicted molar refractivity (Wildman–Crippen MR) is 76.1 cm³/mol. The third kappa shape index (κ3) is 5.43. The Morgan fingerprint density at radius 1 is 1.50 bits per heavy atom. The van der Waals surface area contributed by atoms with Gasteiger partial charge in [-0.2, -0.15) is 0 Å². The van der Waals surface area contributed by atoms with E-state index in [2.05, 4.69) is 58.5 Å². The molecule has 1 aromatic rings. The zero-order valence-electron chi connectivity index (χ0n) is 10.3. The van der Waals surface area contributed by atoms with Crippen molar-refractivity contribution in [1.29, 1.82) is 0 Å². The molecule has 0 spiro atoms. The lowest BCUT2D eigenvalue weighted by molar-refractivity contribution is 0.269. The van der Waals surface area contributed by atoms with Crippen LogP contribution in [0, 0.1) is 0 Å². The number of rotatable bonds is 7. The van der Waals surface area contributed by atoms with Crippen LogP contribution in [0.3, 0.4) is 0 Å². The number of hydrogen-bond donors (Lipinski definition) is 1. The summed E-state index contributed by atoms with van der Waals surface area (Å²) in [6.07, 6.45) is 1.21. The summed E-state index contributed by atoms with van der Waals surface area (Å²) in [5.74, 6) is 0. The molecule has 0 radical (unpaired) electrons. The third-order valence-electron chi connectivity index (χ3n) is 2.67. The monoisotopic (exact) mass is 304 g/mol. The van der Waals surface area contributed by atoms with Crippen molar-refractivity contribution in [2.24, 2.45) is 0 Å².